The Hall–Kier alpha value is -1.59. The van der Waals surface area contributed by atoms with Gasteiger partial charge in [0.2, 0.25) is 10.0 Å². The van der Waals surface area contributed by atoms with Crippen molar-refractivity contribution in [3.8, 4) is 0 Å². The van der Waals surface area contributed by atoms with Gasteiger partial charge in [0.1, 0.15) is 6.34 Å². The van der Waals surface area contributed by atoms with Gasteiger partial charge in [-0.25, -0.2) is 13.1 Å². The van der Waals surface area contributed by atoms with Crippen molar-refractivity contribution in [1.29, 1.82) is 0 Å². The van der Waals surface area contributed by atoms with Gasteiger partial charge in [-0.05, 0) is 50.1 Å². The van der Waals surface area contributed by atoms with Gasteiger partial charge in [0.15, 0.2) is 0 Å². The van der Waals surface area contributed by atoms with Crippen molar-refractivity contribution in [1.82, 2.24) is 9.62 Å². The number of benzene rings is 1. The van der Waals surface area contributed by atoms with E-state index in [0.29, 0.717) is 18.9 Å². The number of hydrogen-bond donors (Lipinski definition) is 2. The molecule has 27 heavy (non-hydrogen) atoms. The molecule has 0 amide bonds. The third kappa shape index (κ3) is 5.69. The van der Waals surface area contributed by atoms with Crippen molar-refractivity contribution >= 4 is 32.3 Å². The topological polar surface area (TPSA) is 87.8 Å². The van der Waals surface area contributed by atoms with Gasteiger partial charge < -0.3 is 10.7 Å². The van der Waals surface area contributed by atoms with Gasteiger partial charge >= 0.3 is 6.18 Å². The van der Waals surface area contributed by atoms with E-state index in [-0.39, 0.29) is 10.5 Å². The van der Waals surface area contributed by atoms with E-state index < -0.39 is 32.7 Å². The zero-order valence-corrected chi connectivity index (χ0v) is 16.7. The normalized spacial score (nSPS) is 21.3. The van der Waals surface area contributed by atoms with E-state index in [2.05, 4.69) is 32.3 Å². The summed E-state index contributed by atoms with van der Waals surface area (Å²) in [6.07, 6.45) is 0.882. The summed E-state index contributed by atoms with van der Waals surface area (Å²) in [5.41, 5.74) is -1.03. The Morgan fingerprint density at radius 3 is 2.63 bits per heavy atom. The van der Waals surface area contributed by atoms with E-state index in [9.17, 15) is 21.6 Å². The van der Waals surface area contributed by atoms with Crippen molar-refractivity contribution in [2.45, 2.75) is 48.8 Å². The highest BCUT2D eigenvalue weighted by atomic mass is 79.9. The van der Waals surface area contributed by atoms with Gasteiger partial charge in [0.25, 0.3) is 0 Å². The lowest BCUT2D eigenvalue weighted by Crippen LogP contribution is -2.44. The first-order valence-electron chi connectivity index (χ1n) is 8.10. The molecular formula is C16H20BrF3N4O2S. The molecule has 11 heteroatoms. The van der Waals surface area contributed by atoms with E-state index in [1.165, 1.54) is 6.34 Å². The molecule has 0 spiro atoms. The van der Waals surface area contributed by atoms with Crippen molar-refractivity contribution in [2.24, 2.45) is 10.9 Å². The molecule has 0 bridgehead atoms. The fourth-order valence-corrected chi connectivity index (χ4v) is 5.08. The van der Waals surface area contributed by atoms with Crippen LogP contribution in [0.1, 0.15) is 31.2 Å². The van der Waals surface area contributed by atoms with Gasteiger partial charge in [0.05, 0.1) is 10.5 Å². The summed E-state index contributed by atoms with van der Waals surface area (Å²) >= 11 is 2.94. The molecule has 2 atom stereocenters. The maximum Gasteiger partial charge on any atom is 0.416 e. The van der Waals surface area contributed by atoms with Crippen LogP contribution in [0.2, 0.25) is 0 Å². The number of nitrogens with one attached hydrogen (secondary N) is 1. The largest absolute Gasteiger partial charge is 0.416 e. The van der Waals surface area contributed by atoms with E-state index in [0.717, 1.165) is 25.0 Å². The first-order valence-corrected chi connectivity index (χ1v) is 10.4. The second kappa shape index (κ2) is 8.61. The summed E-state index contributed by atoms with van der Waals surface area (Å²) in [6.45, 7) is 3.67. The second-order valence-electron chi connectivity index (χ2n) is 6.21. The first kappa shape index (κ1) is 21.7. The highest BCUT2D eigenvalue weighted by Crippen LogP contribution is 2.33. The van der Waals surface area contributed by atoms with Crippen molar-refractivity contribution < 1.29 is 21.6 Å². The highest BCUT2D eigenvalue weighted by Gasteiger charge is 2.33. The number of nitrogens with zero attached hydrogens (tertiary/aromatic N) is 2. The monoisotopic (exact) mass is 468 g/mol. The van der Waals surface area contributed by atoms with Crippen LogP contribution in [0.3, 0.4) is 0 Å². The minimum atomic E-state index is -4.64. The molecule has 1 fully saturated rings. The van der Waals surface area contributed by atoms with E-state index in [1.807, 2.05) is 0 Å². The summed E-state index contributed by atoms with van der Waals surface area (Å²) < 4.78 is 66.7. The molecule has 0 radical (unpaired) electrons. The third-order valence-corrected chi connectivity index (χ3v) is 6.27. The SMILES string of the molecule is C=CN(/C=N/N)[C@@H]1CCC[C@H](NS(=O)(=O)c2cc(Br)cc(C(F)(F)F)c2)C1. The average molecular weight is 469 g/mol. The Labute approximate surface area is 164 Å². The molecule has 2 rings (SSSR count). The number of hydrogen-bond acceptors (Lipinski definition) is 4. The summed E-state index contributed by atoms with van der Waals surface area (Å²) in [4.78, 5) is 1.26. The molecular weight excluding hydrogens is 449 g/mol. The molecule has 1 aromatic rings. The predicted octanol–water partition coefficient (Wildman–Crippen LogP) is 3.40. The molecule has 0 saturated heterocycles. The Morgan fingerprint density at radius 2 is 2.04 bits per heavy atom. The fraction of sp³-hybridized carbons (Fsp3) is 0.438. The zero-order chi connectivity index (χ0) is 20.2. The van der Waals surface area contributed by atoms with Crippen molar-refractivity contribution in [3.05, 3.63) is 41.0 Å². The molecule has 0 unspecified atom stereocenters. The van der Waals surface area contributed by atoms with Gasteiger partial charge in [-0.3, -0.25) is 0 Å². The van der Waals surface area contributed by atoms with Crippen LogP contribution in [0.15, 0.2) is 45.4 Å². The van der Waals surface area contributed by atoms with Crippen LogP contribution in [0, 0.1) is 0 Å². The van der Waals surface area contributed by atoms with Gasteiger partial charge in [-0.2, -0.15) is 18.3 Å². The van der Waals surface area contributed by atoms with Gasteiger partial charge in [0, 0.05) is 16.6 Å². The molecule has 1 aliphatic rings. The summed E-state index contributed by atoms with van der Waals surface area (Å²) in [7, 11) is -4.12. The maximum atomic E-state index is 13.0. The Morgan fingerprint density at radius 1 is 1.33 bits per heavy atom. The number of halogens is 4. The van der Waals surface area contributed by atoms with Crippen LogP contribution in [0.25, 0.3) is 0 Å². The summed E-state index contributed by atoms with van der Waals surface area (Å²) in [5, 5.41) is 3.45. The van der Waals surface area contributed by atoms with Crippen LogP contribution in [-0.4, -0.2) is 31.7 Å². The molecule has 150 valence electrons. The number of rotatable bonds is 6. The maximum absolute atomic E-state index is 13.0. The van der Waals surface area contributed by atoms with Crippen LogP contribution in [0.4, 0.5) is 13.2 Å². The minimum absolute atomic E-state index is 0.0382. The second-order valence-corrected chi connectivity index (χ2v) is 8.84. The van der Waals surface area contributed by atoms with Crippen LogP contribution >= 0.6 is 15.9 Å². The number of alkyl halides is 3. The lowest BCUT2D eigenvalue weighted by Gasteiger charge is -2.34. The minimum Gasteiger partial charge on any atom is -0.335 e. The van der Waals surface area contributed by atoms with Crippen molar-refractivity contribution in [2.75, 3.05) is 0 Å². The van der Waals surface area contributed by atoms with Crippen LogP contribution in [-0.2, 0) is 16.2 Å². The molecule has 0 aliphatic heterocycles. The predicted molar refractivity (Wildman–Crippen MR) is 100 cm³/mol. The van der Waals surface area contributed by atoms with Crippen LogP contribution < -0.4 is 10.6 Å². The molecule has 1 aromatic carbocycles. The molecule has 3 N–H and O–H groups in total. The zero-order valence-electron chi connectivity index (χ0n) is 14.3. The first-order chi connectivity index (χ1) is 12.6. The smallest absolute Gasteiger partial charge is 0.335 e. The van der Waals surface area contributed by atoms with E-state index in [4.69, 9.17) is 5.84 Å². The van der Waals surface area contributed by atoms with Gasteiger partial charge in [-0.1, -0.05) is 22.5 Å². The fourth-order valence-electron chi connectivity index (χ4n) is 3.08. The summed E-state index contributed by atoms with van der Waals surface area (Å²) in [6, 6.07) is 2.14. The average Bonchev–Trinajstić information content (AvgIpc) is 2.58. The Balaban J connectivity index is 2.21. The Bertz CT molecular complexity index is 814. The molecule has 0 aromatic heterocycles. The molecule has 1 aliphatic carbocycles. The lowest BCUT2D eigenvalue weighted by atomic mass is 9.91. The quantitative estimate of drug-likeness (QED) is 0.289. The van der Waals surface area contributed by atoms with Gasteiger partial charge in [-0.15, -0.1) is 0 Å². The number of sulfonamides is 1. The molecule has 6 nitrogen and oxygen atoms in total. The molecule has 1 saturated carbocycles. The lowest BCUT2D eigenvalue weighted by molar-refractivity contribution is -0.137. The number of hydrazone groups is 1. The standard InChI is InChI=1S/C16H20BrF3N4O2S/c1-2-24(10-22-21)14-5-3-4-13(9-14)23-27(25,26)15-7-11(16(18,19)20)6-12(17)8-15/h2,6-8,10,13-14,23H,1,3-5,9,21H2/b22-10+/t13-,14+/m0/s1. The highest BCUT2D eigenvalue weighted by molar-refractivity contribution is 9.10. The van der Waals surface area contributed by atoms with Crippen LogP contribution in [0.5, 0.6) is 0 Å². The van der Waals surface area contributed by atoms with Crippen molar-refractivity contribution in [3.63, 3.8) is 0 Å². The van der Waals surface area contributed by atoms with E-state index in [1.54, 1.807) is 11.1 Å². The third-order valence-electron chi connectivity index (χ3n) is 4.31. The van der Waals surface area contributed by atoms with E-state index >= 15 is 0 Å². The Kier molecular flexibility index (Phi) is 6.92. The summed E-state index contributed by atoms with van der Waals surface area (Å²) in [5.74, 6) is 5.16. The number of nitrogens with two attached hydrogens (primary N) is 1. The molecule has 0 heterocycles.